The Kier molecular flexibility index (Phi) is 4.15. The highest BCUT2D eigenvalue weighted by Gasteiger charge is 2.36. The third-order valence-corrected chi connectivity index (χ3v) is 4.80. The van der Waals surface area contributed by atoms with E-state index in [1.807, 2.05) is 12.1 Å². The van der Waals surface area contributed by atoms with E-state index in [0.29, 0.717) is 12.0 Å². The molecule has 4 nitrogen and oxygen atoms in total. The Hall–Kier alpha value is -1.55. The Morgan fingerprint density at radius 3 is 2.71 bits per heavy atom. The Morgan fingerprint density at radius 1 is 1.33 bits per heavy atom. The number of hydrogen-bond acceptors (Lipinski definition) is 3. The fraction of sp³-hybridized carbons (Fsp3) is 0.588. The van der Waals surface area contributed by atoms with Crippen molar-refractivity contribution in [2.75, 3.05) is 20.2 Å². The molecule has 2 aliphatic rings. The van der Waals surface area contributed by atoms with E-state index in [2.05, 4.69) is 29.3 Å². The maximum absolute atomic E-state index is 12.6. The Morgan fingerprint density at radius 2 is 2.10 bits per heavy atom. The molecule has 2 saturated heterocycles. The Labute approximate surface area is 126 Å². The number of nitrogens with one attached hydrogen (secondary N) is 1. The average molecular weight is 288 g/mol. The van der Waals surface area contributed by atoms with Crippen LogP contribution in [0.3, 0.4) is 0 Å². The molecule has 2 fully saturated rings. The zero-order valence-electron chi connectivity index (χ0n) is 12.8. The molecule has 0 bridgehead atoms. The molecule has 1 N–H and O–H groups in total. The van der Waals surface area contributed by atoms with Crippen molar-refractivity contribution in [1.29, 1.82) is 0 Å². The van der Waals surface area contributed by atoms with Gasteiger partial charge in [-0.1, -0.05) is 12.1 Å². The molecule has 1 amide bonds. The SMILES string of the molecule is COc1ccc([C@@H]2C[C@@H](C)N(C(=O)[C@H]3CCCN3)C2)cc1. The second-order valence-corrected chi connectivity index (χ2v) is 6.19. The minimum atomic E-state index is 0.0436. The fourth-order valence-electron chi connectivity index (χ4n) is 3.55. The molecule has 3 rings (SSSR count). The van der Waals surface area contributed by atoms with Gasteiger partial charge in [0.2, 0.25) is 5.91 Å². The van der Waals surface area contributed by atoms with Crippen LogP contribution in [0.25, 0.3) is 0 Å². The third-order valence-electron chi connectivity index (χ3n) is 4.80. The highest BCUT2D eigenvalue weighted by atomic mass is 16.5. The number of amides is 1. The molecule has 2 heterocycles. The van der Waals surface area contributed by atoms with Gasteiger partial charge >= 0.3 is 0 Å². The Balaban J connectivity index is 1.68. The topological polar surface area (TPSA) is 41.6 Å². The van der Waals surface area contributed by atoms with Crippen LogP contribution in [0.4, 0.5) is 0 Å². The second kappa shape index (κ2) is 6.06. The maximum atomic E-state index is 12.6. The predicted molar refractivity (Wildman–Crippen MR) is 82.6 cm³/mol. The van der Waals surface area contributed by atoms with Crippen LogP contribution >= 0.6 is 0 Å². The van der Waals surface area contributed by atoms with E-state index in [1.54, 1.807) is 7.11 Å². The van der Waals surface area contributed by atoms with Gasteiger partial charge in [0.15, 0.2) is 0 Å². The summed E-state index contributed by atoms with van der Waals surface area (Å²) in [5, 5.41) is 3.32. The normalized spacial score (nSPS) is 28.9. The van der Waals surface area contributed by atoms with E-state index >= 15 is 0 Å². The summed E-state index contributed by atoms with van der Waals surface area (Å²) in [7, 11) is 1.68. The van der Waals surface area contributed by atoms with E-state index in [-0.39, 0.29) is 11.9 Å². The van der Waals surface area contributed by atoms with Crippen LogP contribution in [-0.4, -0.2) is 43.1 Å². The summed E-state index contributed by atoms with van der Waals surface area (Å²) in [6.45, 7) is 3.97. The summed E-state index contributed by atoms with van der Waals surface area (Å²) in [5.41, 5.74) is 1.30. The zero-order valence-corrected chi connectivity index (χ0v) is 12.8. The van der Waals surface area contributed by atoms with Crippen molar-refractivity contribution in [3.05, 3.63) is 29.8 Å². The third kappa shape index (κ3) is 2.91. The number of likely N-dealkylation sites (tertiary alicyclic amines) is 1. The summed E-state index contributed by atoms with van der Waals surface area (Å²) in [4.78, 5) is 14.6. The molecule has 1 aromatic rings. The van der Waals surface area contributed by atoms with Crippen LogP contribution in [0.1, 0.15) is 37.7 Å². The first kappa shape index (κ1) is 14.4. The molecule has 4 heteroatoms. The summed E-state index contributed by atoms with van der Waals surface area (Å²) < 4.78 is 5.21. The van der Waals surface area contributed by atoms with E-state index in [0.717, 1.165) is 38.1 Å². The van der Waals surface area contributed by atoms with Crippen LogP contribution < -0.4 is 10.1 Å². The molecule has 0 aliphatic carbocycles. The van der Waals surface area contributed by atoms with Gasteiger partial charge in [-0.25, -0.2) is 0 Å². The molecule has 21 heavy (non-hydrogen) atoms. The van der Waals surface area contributed by atoms with Crippen molar-refractivity contribution < 1.29 is 9.53 Å². The maximum Gasteiger partial charge on any atom is 0.239 e. The minimum absolute atomic E-state index is 0.0436. The zero-order chi connectivity index (χ0) is 14.8. The number of methoxy groups -OCH3 is 1. The molecule has 3 atom stereocenters. The molecule has 0 saturated carbocycles. The number of ether oxygens (including phenoxy) is 1. The lowest BCUT2D eigenvalue weighted by Crippen LogP contribution is -2.45. The molecule has 114 valence electrons. The van der Waals surface area contributed by atoms with Crippen molar-refractivity contribution in [3.8, 4) is 5.75 Å². The smallest absolute Gasteiger partial charge is 0.239 e. The van der Waals surface area contributed by atoms with Gasteiger partial charge in [-0.3, -0.25) is 4.79 Å². The quantitative estimate of drug-likeness (QED) is 0.926. The van der Waals surface area contributed by atoms with Crippen molar-refractivity contribution in [2.45, 2.75) is 44.2 Å². The summed E-state index contributed by atoms with van der Waals surface area (Å²) >= 11 is 0. The number of nitrogens with zero attached hydrogens (tertiary/aromatic N) is 1. The van der Waals surface area contributed by atoms with Gasteiger partial charge in [0.05, 0.1) is 13.2 Å². The second-order valence-electron chi connectivity index (χ2n) is 6.19. The lowest BCUT2D eigenvalue weighted by atomic mass is 9.97. The molecule has 2 aliphatic heterocycles. The van der Waals surface area contributed by atoms with Crippen LogP contribution in [0.5, 0.6) is 5.75 Å². The monoisotopic (exact) mass is 288 g/mol. The van der Waals surface area contributed by atoms with Crippen molar-refractivity contribution in [1.82, 2.24) is 10.2 Å². The van der Waals surface area contributed by atoms with Gasteiger partial charge < -0.3 is 15.0 Å². The van der Waals surface area contributed by atoms with Gasteiger partial charge in [-0.2, -0.15) is 0 Å². The molecule has 0 radical (unpaired) electrons. The van der Waals surface area contributed by atoms with Gasteiger partial charge in [-0.05, 0) is 50.4 Å². The van der Waals surface area contributed by atoms with Crippen molar-refractivity contribution in [3.63, 3.8) is 0 Å². The standard InChI is InChI=1S/C17H24N2O2/c1-12-10-14(13-5-7-15(21-2)8-6-13)11-19(12)17(20)16-4-3-9-18-16/h5-8,12,14,16,18H,3-4,9-11H2,1-2H3/t12-,14-,16-/m1/s1. The Bertz CT molecular complexity index is 494. The summed E-state index contributed by atoms with van der Waals surface area (Å²) in [6.07, 6.45) is 3.14. The molecule has 0 aromatic heterocycles. The lowest BCUT2D eigenvalue weighted by molar-refractivity contribution is -0.133. The molecule has 0 unspecified atom stereocenters. The van der Waals surface area contributed by atoms with Crippen molar-refractivity contribution in [2.24, 2.45) is 0 Å². The first-order chi connectivity index (χ1) is 10.2. The number of carbonyl (C=O) groups is 1. The fourth-order valence-corrected chi connectivity index (χ4v) is 3.55. The number of benzene rings is 1. The van der Waals surface area contributed by atoms with E-state index in [4.69, 9.17) is 4.74 Å². The first-order valence-corrected chi connectivity index (χ1v) is 7.87. The lowest BCUT2D eigenvalue weighted by Gasteiger charge is -2.25. The van der Waals surface area contributed by atoms with Gasteiger partial charge in [0.25, 0.3) is 0 Å². The number of hydrogen-bond donors (Lipinski definition) is 1. The predicted octanol–water partition coefficient (Wildman–Crippen LogP) is 2.15. The summed E-state index contributed by atoms with van der Waals surface area (Å²) in [6, 6.07) is 8.62. The number of rotatable bonds is 3. The molecule has 0 spiro atoms. The van der Waals surface area contributed by atoms with E-state index in [9.17, 15) is 4.79 Å². The van der Waals surface area contributed by atoms with Crippen molar-refractivity contribution >= 4 is 5.91 Å². The molecular weight excluding hydrogens is 264 g/mol. The highest BCUT2D eigenvalue weighted by molar-refractivity contribution is 5.82. The molecule has 1 aromatic carbocycles. The van der Waals surface area contributed by atoms with Crippen LogP contribution in [0.2, 0.25) is 0 Å². The summed E-state index contributed by atoms with van der Waals surface area (Å²) in [5.74, 6) is 1.61. The first-order valence-electron chi connectivity index (χ1n) is 7.87. The van der Waals surface area contributed by atoms with E-state index in [1.165, 1.54) is 5.56 Å². The number of carbonyl (C=O) groups excluding carboxylic acids is 1. The largest absolute Gasteiger partial charge is 0.497 e. The van der Waals surface area contributed by atoms with Crippen LogP contribution in [-0.2, 0) is 4.79 Å². The van der Waals surface area contributed by atoms with Gasteiger partial charge in [0, 0.05) is 18.5 Å². The van der Waals surface area contributed by atoms with Gasteiger partial charge in [0.1, 0.15) is 5.75 Å². The highest BCUT2D eigenvalue weighted by Crippen LogP contribution is 2.33. The van der Waals surface area contributed by atoms with Gasteiger partial charge in [-0.15, -0.1) is 0 Å². The van der Waals surface area contributed by atoms with E-state index < -0.39 is 0 Å². The molecular formula is C17H24N2O2. The van der Waals surface area contributed by atoms with Crippen LogP contribution in [0.15, 0.2) is 24.3 Å². The average Bonchev–Trinajstić information content (AvgIpc) is 3.16. The van der Waals surface area contributed by atoms with Crippen LogP contribution in [0, 0.1) is 0 Å². The minimum Gasteiger partial charge on any atom is -0.497 e.